The summed E-state index contributed by atoms with van der Waals surface area (Å²) in [6.45, 7) is 1.76. The quantitative estimate of drug-likeness (QED) is 0.316. The first kappa shape index (κ1) is 21.5. The second-order valence-electron chi connectivity index (χ2n) is 8.14. The number of hydrogen-bond acceptors (Lipinski definition) is 6. The van der Waals surface area contributed by atoms with Crippen molar-refractivity contribution in [3.05, 3.63) is 73.1 Å². The average molecular weight is 478 g/mol. The van der Waals surface area contributed by atoms with Gasteiger partial charge < -0.3 is 10.3 Å². The number of anilines is 1. The molecule has 0 aliphatic rings. The second-order valence-corrected chi connectivity index (χ2v) is 8.14. The number of imidazole rings is 1. The molecule has 3 N–H and O–H groups in total. The van der Waals surface area contributed by atoms with E-state index in [4.69, 9.17) is 0 Å². The molecule has 9 nitrogen and oxygen atoms in total. The van der Waals surface area contributed by atoms with Crippen LogP contribution in [0.25, 0.3) is 56.0 Å². The van der Waals surface area contributed by atoms with Crippen LogP contribution in [-0.2, 0) is 4.79 Å². The van der Waals surface area contributed by atoms with E-state index in [2.05, 4.69) is 40.4 Å². The highest BCUT2D eigenvalue weighted by molar-refractivity contribution is 5.98. The number of pyridine rings is 3. The van der Waals surface area contributed by atoms with Crippen LogP contribution < -0.4 is 5.32 Å². The van der Waals surface area contributed by atoms with Gasteiger partial charge in [-0.2, -0.15) is 5.10 Å². The van der Waals surface area contributed by atoms with Crippen LogP contribution in [0.4, 0.5) is 10.1 Å². The van der Waals surface area contributed by atoms with E-state index in [1.54, 1.807) is 43.7 Å². The summed E-state index contributed by atoms with van der Waals surface area (Å²) in [6.07, 6.45) is 6.79. The van der Waals surface area contributed by atoms with Crippen molar-refractivity contribution >= 4 is 33.7 Å². The van der Waals surface area contributed by atoms with Crippen molar-refractivity contribution < 1.29 is 9.18 Å². The molecule has 1 amide bonds. The molecule has 6 aromatic rings. The van der Waals surface area contributed by atoms with Crippen molar-refractivity contribution in [3.8, 4) is 33.9 Å². The normalized spacial score (nSPS) is 11.3. The van der Waals surface area contributed by atoms with Gasteiger partial charge in [-0.05, 0) is 36.4 Å². The van der Waals surface area contributed by atoms with Gasteiger partial charge in [0.2, 0.25) is 5.91 Å². The third-order valence-corrected chi connectivity index (χ3v) is 5.88. The number of aromatic nitrogens is 7. The molecule has 0 saturated carbocycles. The van der Waals surface area contributed by atoms with Crippen LogP contribution in [0.2, 0.25) is 0 Å². The fourth-order valence-electron chi connectivity index (χ4n) is 4.13. The van der Waals surface area contributed by atoms with E-state index in [1.807, 2.05) is 24.3 Å². The summed E-state index contributed by atoms with van der Waals surface area (Å²) in [5.74, 6) is -0.244. The molecule has 6 rings (SSSR count). The van der Waals surface area contributed by atoms with Crippen molar-refractivity contribution in [3.63, 3.8) is 0 Å². The Balaban J connectivity index is 1.47. The van der Waals surface area contributed by atoms with Gasteiger partial charge >= 0.3 is 0 Å². The fraction of sp³-hybridized carbons (Fsp3) is 0.0769. The first-order valence-electron chi connectivity index (χ1n) is 11.3. The van der Waals surface area contributed by atoms with Crippen LogP contribution in [0.3, 0.4) is 0 Å². The zero-order valence-electron chi connectivity index (χ0n) is 19.1. The molecule has 176 valence electrons. The number of H-pyrrole nitrogens is 2. The Morgan fingerprint density at radius 1 is 1.06 bits per heavy atom. The molecule has 0 atom stereocenters. The molecule has 36 heavy (non-hydrogen) atoms. The van der Waals surface area contributed by atoms with Gasteiger partial charge in [0.25, 0.3) is 0 Å². The maximum Gasteiger partial charge on any atom is 0.224 e. The molecule has 0 radical (unpaired) electrons. The van der Waals surface area contributed by atoms with Gasteiger partial charge in [-0.1, -0.05) is 13.0 Å². The molecular weight excluding hydrogens is 459 g/mol. The summed E-state index contributed by atoms with van der Waals surface area (Å²) in [7, 11) is 0. The summed E-state index contributed by atoms with van der Waals surface area (Å²) < 4.78 is 16.0. The molecule has 1 aromatic carbocycles. The molecule has 10 heteroatoms. The van der Waals surface area contributed by atoms with Crippen LogP contribution in [-0.4, -0.2) is 41.0 Å². The number of amides is 1. The lowest BCUT2D eigenvalue weighted by molar-refractivity contribution is -0.115. The molecule has 0 saturated heterocycles. The average Bonchev–Trinajstić information content (AvgIpc) is 3.54. The molecule has 0 bridgehead atoms. The van der Waals surface area contributed by atoms with E-state index in [-0.39, 0.29) is 11.3 Å². The SMILES string of the molecule is CCC(=O)Nc1cncc(-c2ccc3[nH]nc(-c4nc5nccc(-c6ccccn6)c5[nH]4)c3c2F)c1. The minimum atomic E-state index is -0.476. The first-order chi connectivity index (χ1) is 17.6. The summed E-state index contributed by atoms with van der Waals surface area (Å²) in [5, 5.41) is 10.3. The Labute approximate surface area is 203 Å². The van der Waals surface area contributed by atoms with Crippen molar-refractivity contribution in [2.24, 2.45) is 0 Å². The lowest BCUT2D eigenvalue weighted by atomic mass is 10.0. The lowest BCUT2D eigenvalue weighted by Crippen LogP contribution is -2.09. The molecule has 5 aromatic heterocycles. The number of nitrogens with zero attached hydrogens (tertiary/aromatic N) is 5. The van der Waals surface area contributed by atoms with Crippen molar-refractivity contribution in [2.45, 2.75) is 13.3 Å². The number of benzene rings is 1. The van der Waals surface area contributed by atoms with E-state index < -0.39 is 5.82 Å². The van der Waals surface area contributed by atoms with Gasteiger partial charge in [-0.3, -0.25) is 19.9 Å². The molecule has 0 aliphatic carbocycles. The number of nitrogens with one attached hydrogen (secondary N) is 3. The number of halogens is 1. The molecule has 0 fully saturated rings. The first-order valence-corrected chi connectivity index (χ1v) is 11.3. The fourth-order valence-corrected chi connectivity index (χ4v) is 4.13. The smallest absolute Gasteiger partial charge is 0.224 e. The highest BCUT2D eigenvalue weighted by atomic mass is 19.1. The standard InChI is InChI=1S/C26H19FN8O/c1-2-20(36)31-15-11-14(12-28-13-15)16-6-7-19-21(22(16)27)24(35-34-19)26-32-23-17(8-10-30-25(23)33-26)18-5-3-4-9-29-18/h3-13H,2H2,1H3,(H,31,36)(H,34,35)(H,30,32,33). The number of rotatable bonds is 5. The molecule has 0 spiro atoms. The molecular formula is C26H19FN8O. The number of hydrogen-bond donors (Lipinski definition) is 3. The van der Waals surface area contributed by atoms with Gasteiger partial charge in [-0.25, -0.2) is 14.4 Å². The minimum absolute atomic E-state index is 0.148. The summed E-state index contributed by atoms with van der Waals surface area (Å²) in [6, 6.07) is 12.6. The van der Waals surface area contributed by atoms with Crippen LogP contribution in [0, 0.1) is 5.82 Å². The van der Waals surface area contributed by atoms with E-state index in [9.17, 15) is 4.79 Å². The topological polar surface area (TPSA) is 125 Å². The molecule has 0 aliphatic heterocycles. The maximum atomic E-state index is 16.0. The lowest BCUT2D eigenvalue weighted by Gasteiger charge is -2.08. The van der Waals surface area contributed by atoms with Crippen LogP contribution >= 0.6 is 0 Å². The van der Waals surface area contributed by atoms with Crippen LogP contribution in [0.15, 0.2) is 67.3 Å². The Kier molecular flexibility index (Phi) is 5.18. The Bertz CT molecular complexity index is 1740. The van der Waals surface area contributed by atoms with Gasteiger partial charge in [0.05, 0.1) is 34.0 Å². The zero-order chi connectivity index (χ0) is 24.6. The third kappa shape index (κ3) is 3.65. The summed E-state index contributed by atoms with van der Waals surface area (Å²) in [4.78, 5) is 32.6. The van der Waals surface area contributed by atoms with E-state index in [0.29, 0.717) is 51.4 Å². The van der Waals surface area contributed by atoms with Gasteiger partial charge in [0.1, 0.15) is 11.5 Å². The van der Waals surface area contributed by atoms with E-state index in [1.165, 1.54) is 6.20 Å². The molecule has 0 unspecified atom stereocenters. The monoisotopic (exact) mass is 478 g/mol. The summed E-state index contributed by atoms with van der Waals surface area (Å²) in [5.41, 5.74) is 4.96. The second kappa shape index (κ2) is 8.66. The summed E-state index contributed by atoms with van der Waals surface area (Å²) >= 11 is 0. The van der Waals surface area contributed by atoms with Gasteiger partial charge in [-0.15, -0.1) is 0 Å². The Hall–Kier alpha value is -4.99. The number of carbonyl (C=O) groups excluding carboxylic acids is 1. The van der Waals surface area contributed by atoms with Crippen molar-refractivity contribution in [1.29, 1.82) is 0 Å². The van der Waals surface area contributed by atoms with E-state index >= 15 is 4.39 Å². The third-order valence-electron chi connectivity index (χ3n) is 5.88. The molecule has 5 heterocycles. The highest BCUT2D eigenvalue weighted by Gasteiger charge is 2.21. The van der Waals surface area contributed by atoms with Crippen molar-refractivity contribution in [2.75, 3.05) is 5.32 Å². The predicted molar refractivity (Wildman–Crippen MR) is 134 cm³/mol. The minimum Gasteiger partial charge on any atom is -0.335 e. The number of fused-ring (bicyclic) bond motifs is 2. The van der Waals surface area contributed by atoms with Gasteiger partial charge in [0.15, 0.2) is 11.5 Å². The van der Waals surface area contributed by atoms with Gasteiger partial charge in [0, 0.05) is 41.7 Å². The Morgan fingerprint density at radius 2 is 1.97 bits per heavy atom. The Morgan fingerprint density at radius 3 is 2.81 bits per heavy atom. The van der Waals surface area contributed by atoms with Crippen molar-refractivity contribution in [1.82, 2.24) is 35.1 Å². The number of carbonyl (C=O) groups is 1. The highest BCUT2D eigenvalue weighted by Crippen LogP contribution is 2.35. The predicted octanol–water partition coefficient (Wildman–Crippen LogP) is 5.11. The van der Waals surface area contributed by atoms with E-state index in [0.717, 1.165) is 11.3 Å². The maximum absolute atomic E-state index is 16.0. The number of aromatic amines is 2. The largest absolute Gasteiger partial charge is 0.335 e. The van der Waals surface area contributed by atoms with Crippen LogP contribution in [0.5, 0.6) is 0 Å². The van der Waals surface area contributed by atoms with Crippen LogP contribution in [0.1, 0.15) is 13.3 Å². The zero-order valence-corrected chi connectivity index (χ0v) is 19.1.